The molecule has 0 aromatic heterocycles. The van der Waals surface area contributed by atoms with Crippen LogP contribution in [-0.4, -0.2) is 18.0 Å². The third kappa shape index (κ3) is 71.5. The summed E-state index contributed by atoms with van der Waals surface area (Å²) in [5.74, 6) is 0. The highest BCUT2D eigenvalue weighted by atomic mass is 19.1. The topological polar surface area (TPSA) is 84.6 Å². The summed E-state index contributed by atoms with van der Waals surface area (Å²) < 4.78 is 21.6. The average Bonchev–Trinajstić information content (AvgIpc) is 1.89. The van der Waals surface area contributed by atoms with E-state index in [1.807, 2.05) is 5.16 Å². The molecule has 0 aliphatic heterocycles. The van der Waals surface area contributed by atoms with Crippen LogP contribution in [0.15, 0.2) is 17.4 Å². The fourth-order valence-corrected chi connectivity index (χ4v) is 0. The molecule has 6 heteroatoms. The van der Waals surface area contributed by atoms with Crippen molar-refractivity contribution in [2.24, 2.45) is 16.6 Å². The molecule has 0 atom stereocenters. The molecule has 0 fully saturated rings. The van der Waals surface area contributed by atoms with Crippen molar-refractivity contribution in [3.63, 3.8) is 0 Å². The Kier molecular flexibility index (Phi) is 30.5. The molecule has 0 aliphatic carbocycles. The zero-order valence-electron chi connectivity index (χ0n) is 5.22. The van der Waals surface area contributed by atoms with Gasteiger partial charge in [0, 0.05) is 5.70 Å². The van der Waals surface area contributed by atoms with Crippen molar-refractivity contribution in [1.82, 2.24) is 0 Å². The first kappa shape index (κ1) is 22.4. The predicted molar refractivity (Wildman–Crippen MR) is 47.3 cm³/mol. The molecular formula is C6H17F2N3O. The van der Waals surface area contributed by atoms with E-state index in [2.05, 4.69) is 12.3 Å². The number of hydrogen-bond acceptors (Lipinski definition) is 3. The second kappa shape index (κ2) is 16.3. The van der Waals surface area contributed by atoms with Gasteiger partial charge in [0.2, 0.25) is 0 Å². The number of nitrogens with two attached hydrogens (primary N) is 2. The lowest BCUT2D eigenvalue weighted by atomic mass is 10.6. The first-order chi connectivity index (χ1) is 4.54. The maximum absolute atomic E-state index is 10.9. The molecule has 0 rings (SSSR count). The number of oxime groups is 1. The summed E-state index contributed by atoms with van der Waals surface area (Å²) in [6.07, 6.45) is -1.31. The summed E-state index contributed by atoms with van der Waals surface area (Å²) in [4.78, 5) is 0. The summed E-state index contributed by atoms with van der Waals surface area (Å²) in [6, 6.07) is 0. The van der Waals surface area contributed by atoms with Crippen LogP contribution in [0.5, 0.6) is 0 Å². The lowest BCUT2D eigenvalue weighted by Crippen LogP contribution is -2.01. The van der Waals surface area contributed by atoms with E-state index in [-0.39, 0.29) is 20.6 Å². The maximum atomic E-state index is 10.9. The minimum Gasteiger partial charge on any atom is -0.407 e. The van der Waals surface area contributed by atoms with Crippen molar-refractivity contribution in [3.05, 3.63) is 12.3 Å². The van der Waals surface area contributed by atoms with Crippen molar-refractivity contribution in [3.8, 4) is 0 Å². The zero-order valence-corrected chi connectivity index (χ0v) is 5.22. The lowest BCUT2D eigenvalue weighted by molar-refractivity contribution is 0.310. The Morgan fingerprint density at radius 1 is 1.42 bits per heavy atom. The van der Waals surface area contributed by atoms with E-state index in [1.54, 1.807) is 0 Å². The largest absolute Gasteiger partial charge is 0.407 e. The van der Waals surface area contributed by atoms with Gasteiger partial charge < -0.3 is 16.7 Å². The van der Waals surface area contributed by atoms with E-state index in [9.17, 15) is 8.78 Å². The third-order valence-electron chi connectivity index (χ3n) is 0.267. The molecular weight excluding hydrogens is 168 g/mol. The molecule has 0 spiro atoms. The minimum absolute atomic E-state index is 0. The summed E-state index contributed by atoms with van der Waals surface area (Å²) in [5, 5.41) is 9.15. The summed E-state index contributed by atoms with van der Waals surface area (Å²) in [6.45, 7) is 2.47. The molecule has 0 heterocycles. The van der Waals surface area contributed by atoms with Crippen molar-refractivity contribution in [2.75, 3.05) is 6.67 Å². The Labute approximate surface area is 71.5 Å². The Morgan fingerprint density at radius 2 is 1.58 bits per heavy atom. The molecule has 0 saturated heterocycles. The average molecular weight is 185 g/mol. The van der Waals surface area contributed by atoms with Crippen LogP contribution < -0.4 is 11.5 Å². The van der Waals surface area contributed by atoms with Crippen LogP contribution in [0.1, 0.15) is 14.9 Å². The van der Waals surface area contributed by atoms with Crippen molar-refractivity contribution < 1.29 is 14.0 Å². The van der Waals surface area contributed by atoms with Gasteiger partial charge in [0.05, 0.1) is 0 Å². The second-order valence-corrected chi connectivity index (χ2v) is 1.21. The number of alkyl halides is 1. The Morgan fingerprint density at radius 3 is 1.58 bits per heavy atom. The zero-order chi connectivity index (χ0) is 8.57. The number of halogens is 2. The highest BCUT2D eigenvalue weighted by molar-refractivity contribution is 5.68. The van der Waals surface area contributed by atoms with Crippen molar-refractivity contribution >= 4 is 6.09 Å². The van der Waals surface area contributed by atoms with E-state index in [0.29, 0.717) is 0 Å². The van der Waals surface area contributed by atoms with Gasteiger partial charge >= 0.3 is 6.09 Å². The van der Waals surface area contributed by atoms with Crippen LogP contribution in [0, 0.1) is 0 Å². The molecule has 4 nitrogen and oxygen atoms in total. The van der Waals surface area contributed by atoms with E-state index >= 15 is 0 Å². The van der Waals surface area contributed by atoms with Gasteiger partial charge in [-0.1, -0.05) is 21.4 Å². The fourth-order valence-electron chi connectivity index (χ4n) is 0. The van der Waals surface area contributed by atoms with Gasteiger partial charge in [-0.2, -0.15) is 4.39 Å². The highest BCUT2D eigenvalue weighted by Gasteiger charge is 1.72. The Balaban J connectivity index is -0.0000000457. The standard InChI is InChI=1S/C3H6FN.CH3FN2O.2CH4/c1-3(5)2-4;2-1(3)4-5;;/h1-2,5H2;5H,(H2,3,4);2*1H4. The van der Waals surface area contributed by atoms with Crippen LogP contribution >= 0.6 is 0 Å². The number of amidine groups is 1. The molecule has 0 radical (unpaired) electrons. The maximum Gasteiger partial charge on any atom is 0.314 e. The van der Waals surface area contributed by atoms with Crippen LogP contribution in [0.3, 0.4) is 0 Å². The van der Waals surface area contributed by atoms with Crippen molar-refractivity contribution in [2.45, 2.75) is 14.9 Å². The van der Waals surface area contributed by atoms with Gasteiger partial charge in [0.1, 0.15) is 6.67 Å². The molecule has 0 aliphatic rings. The monoisotopic (exact) mass is 185 g/mol. The van der Waals surface area contributed by atoms with Crippen LogP contribution in [0.2, 0.25) is 0 Å². The number of hydrogen-bond donors (Lipinski definition) is 3. The van der Waals surface area contributed by atoms with Gasteiger partial charge in [-0.15, -0.1) is 0 Å². The summed E-state index contributed by atoms with van der Waals surface area (Å²) in [7, 11) is 0. The van der Waals surface area contributed by atoms with Gasteiger partial charge in [0.15, 0.2) is 0 Å². The smallest absolute Gasteiger partial charge is 0.314 e. The van der Waals surface area contributed by atoms with Gasteiger partial charge in [-0.25, -0.2) is 4.39 Å². The van der Waals surface area contributed by atoms with Crippen LogP contribution in [0.25, 0.3) is 0 Å². The second-order valence-electron chi connectivity index (χ2n) is 1.21. The number of allylic oxidation sites excluding steroid dienone is 1. The Bertz CT molecular complexity index is 124. The molecule has 12 heavy (non-hydrogen) atoms. The van der Waals surface area contributed by atoms with E-state index < -0.39 is 12.8 Å². The fraction of sp³-hybridized carbons (Fsp3) is 0.500. The lowest BCUT2D eigenvalue weighted by Gasteiger charge is -1.78. The van der Waals surface area contributed by atoms with Gasteiger partial charge in [-0.05, 0) is 5.16 Å². The first-order valence-corrected chi connectivity index (χ1v) is 2.16. The Hall–Kier alpha value is -1.33. The van der Waals surface area contributed by atoms with E-state index in [4.69, 9.17) is 10.9 Å². The molecule has 0 amide bonds. The van der Waals surface area contributed by atoms with Crippen LogP contribution in [-0.2, 0) is 0 Å². The summed E-state index contributed by atoms with van der Waals surface area (Å²) in [5.41, 5.74) is 8.94. The van der Waals surface area contributed by atoms with Crippen LogP contribution in [0.4, 0.5) is 8.78 Å². The molecule has 0 bridgehead atoms. The van der Waals surface area contributed by atoms with Gasteiger partial charge in [0.25, 0.3) is 0 Å². The predicted octanol–water partition coefficient (Wildman–Crippen LogP) is 1.36. The molecule has 76 valence electrons. The molecule has 0 aromatic carbocycles. The number of nitrogens with zero attached hydrogens (tertiary/aromatic N) is 1. The van der Waals surface area contributed by atoms with E-state index in [1.165, 1.54) is 0 Å². The first-order valence-electron chi connectivity index (χ1n) is 2.16. The SMILES string of the molecule is C.C.C=C(N)CF.N/C(F)=N\O. The molecule has 0 saturated carbocycles. The quantitative estimate of drug-likeness (QED) is 0.189. The van der Waals surface area contributed by atoms with E-state index in [0.717, 1.165) is 0 Å². The summed E-state index contributed by atoms with van der Waals surface area (Å²) >= 11 is 0. The minimum atomic E-state index is -1.31. The third-order valence-corrected chi connectivity index (χ3v) is 0.267. The molecule has 0 aromatic rings. The normalized spacial score (nSPS) is 8.00. The van der Waals surface area contributed by atoms with Gasteiger partial charge in [-0.3, -0.25) is 0 Å². The molecule has 0 unspecified atom stereocenters. The molecule has 5 N–H and O–H groups in total. The van der Waals surface area contributed by atoms with Crippen molar-refractivity contribution in [1.29, 1.82) is 0 Å². The highest BCUT2D eigenvalue weighted by Crippen LogP contribution is 1.72. The number of rotatable bonds is 1.